The maximum Gasteiger partial charge on any atom is 0.220 e. The third kappa shape index (κ3) is 8.43. The molecule has 3 nitrogen and oxygen atoms in total. The van der Waals surface area contributed by atoms with Crippen molar-refractivity contribution in [2.75, 3.05) is 13.1 Å². The van der Waals surface area contributed by atoms with Gasteiger partial charge in [0.2, 0.25) is 5.91 Å². The molecule has 0 aromatic rings. The Labute approximate surface area is 94.0 Å². The fourth-order valence-electron chi connectivity index (χ4n) is 1.67. The predicted octanol–water partition coefficient (Wildman–Crippen LogP) is 1.93. The lowest BCUT2D eigenvalue weighted by Crippen LogP contribution is -2.39. The molecule has 0 aliphatic heterocycles. The highest BCUT2D eigenvalue weighted by Gasteiger charge is 2.08. The monoisotopic (exact) mass is 214 g/mol. The topological polar surface area (TPSA) is 41.1 Å². The van der Waals surface area contributed by atoms with Gasteiger partial charge in [0.1, 0.15) is 0 Å². The number of likely N-dealkylation sites (N-methyl/N-ethyl adjacent to an activating group) is 1. The molecule has 0 radical (unpaired) electrons. The quantitative estimate of drug-likeness (QED) is 0.648. The van der Waals surface area contributed by atoms with Gasteiger partial charge >= 0.3 is 0 Å². The number of carbonyl (C=O) groups is 1. The molecule has 0 saturated heterocycles. The molecule has 0 aliphatic rings. The highest BCUT2D eigenvalue weighted by atomic mass is 16.1. The van der Waals surface area contributed by atoms with Crippen molar-refractivity contribution in [1.82, 2.24) is 10.6 Å². The summed E-state index contributed by atoms with van der Waals surface area (Å²) in [5.41, 5.74) is 0. The fraction of sp³-hybridized carbons (Fsp3) is 0.917. The summed E-state index contributed by atoms with van der Waals surface area (Å²) >= 11 is 0. The molecule has 0 spiro atoms. The van der Waals surface area contributed by atoms with Gasteiger partial charge in [0, 0.05) is 19.0 Å². The molecule has 0 aromatic heterocycles. The van der Waals surface area contributed by atoms with Crippen molar-refractivity contribution in [2.24, 2.45) is 5.92 Å². The second kappa shape index (κ2) is 8.72. The van der Waals surface area contributed by atoms with E-state index in [9.17, 15) is 4.79 Å². The van der Waals surface area contributed by atoms with Crippen molar-refractivity contribution in [1.29, 1.82) is 0 Å². The van der Waals surface area contributed by atoms with Crippen LogP contribution in [0.25, 0.3) is 0 Å². The average molecular weight is 214 g/mol. The highest BCUT2D eigenvalue weighted by Crippen LogP contribution is 2.08. The van der Waals surface area contributed by atoms with Crippen LogP contribution in [0.1, 0.15) is 47.0 Å². The van der Waals surface area contributed by atoms with Gasteiger partial charge in [-0.15, -0.1) is 0 Å². The predicted molar refractivity (Wildman–Crippen MR) is 64.8 cm³/mol. The molecule has 1 unspecified atom stereocenters. The average Bonchev–Trinajstić information content (AvgIpc) is 2.15. The van der Waals surface area contributed by atoms with E-state index in [1.54, 1.807) is 0 Å². The van der Waals surface area contributed by atoms with Crippen molar-refractivity contribution >= 4 is 5.91 Å². The van der Waals surface area contributed by atoms with E-state index in [2.05, 4.69) is 38.3 Å². The highest BCUT2D eigenvalue weighted by molar-refractivity contribution is 5.76. The van der Waals surface area contributed by atoms with Gasteiger partial charge in [0.05, 0.1) is 0 Å². The summed E-state index contributed by atoms with van der Waals surface area (Å²) in [6.45, 7) is 10.1. The van der Waals surface area contributed by atoms with Crippen LogP contribution in [0.2, 0.25) is 0 Å². The Morgan fingerprint density at radius 1 is 1.27 bits per heavy atom. The van der Waals surface area contributed by atoms with Gasteiger partial charge in [-0.25, -0.2) is 0 Å². The number of carbonyl (C=O) groups excluding carboxylic acids is 1. The van der Waals surface area contributed by atoms with Crippen molar-refractivity contribution in [3.63, 3.8) is 0 Å². The minimum Gasteiger partial charge on any atom is -0.355 e. The molecule has 2 N–H and O–H groups in total. The minimum absolute atomic E-state index is 0.181. The molecule has 0 bridgehead atoms. The van der Waals surface area contributed by atoms with Gasteiger partial charge in [-0.1, -0.05) is 33.6 Å². The van der Waals surface area contributed by atoms with E-state index in [1.807, 2.05) is 0 Å². The second-order valence-electron chi connectivity index (χ2n) is 4.36. The smallest absolute Gasteiger partial charge is 0.220 e. The second-order valence-corrected chi connectivity index (χ2v) is 4.36. The summed E-state index contributed by atoms with van der Waals surface area (Å²) in [5.74, 6) is 0.685. The Kier molecular flexibility index (Phi) is 8.38. The van der Waals surface area contributed by atoms with Crippen LogP contribution in [0.3, 0.4) is 0 Å². The maximum absolute atomic E-state index is 11.5. The first kappa shape index (κ1) is 14.4. The molecule has 0 heterocycles. The number of rotatable bonds is 8. The van der Waals surface area contributed by atoms with E-state index in [1.165, 1.54) is 0 Å². The molecule has 3 heteroatoms. The van der Waals surface area contributed by atoms with Crippen LogP contribution < -0.4 is 10.6 Å². The van der Waals surface area contributed by atoms with Crippen molar-refractivity contribution < 1.29 is 4.79 Å². The molecule has 0 fully saturated rings. The molecule has 0 aliphatic carbocycles. The van der Waals surface area contributed by atoms with Crippen LogP contribution in [0.4, 0.5) is 0 Å². The summed E-state index contributed by atoms with van der Waals surface area (Å²) in [6.07, 6.45) is 2.95. The van der Waals surface area contributed by atoms with Crippen LogP contribution in [0.15, 0.2) is 0 Å². The molecular formula is C12H26N2O. The zero-order chi connectivity index (χ0) is 11.7. The Balaban J connectivity index is 3.56. The zero-order valence-corrected chi connectivity index (χ0v) is 10.6. The third-order valence-electron chi connectivity index (χ3n) is 2.47. The van der Waals surface area contributed by atoms with E-state index in [4.69, 9.17) is 0 Å². The Bertz CT molecular complexity index is 171. The first-order chi connectivity index (χ1) is 7.10. The largest absolute Gasteiger partial charge is 0.355 e. The van der Waals surface area contributed by atoms with Gasteiger partial charge in [0.15, 0.2) is 0 Å². The number of hydrogen-bond acceptors (Lipinski definition) is 2. The number of hydrogen-bond donors (Lipinski definition) is 2. The number of nitrogens with one attached hydrogen (secondary N) is 2. The van der Waals surface area contributed by atoms with E-state index in [-0.39, 0.29) is 5.91 Å². The molecule has 0 saturated carbocycles. The summed E-state index contributed by atoms with van der Waals surface area (Å²) in [5, 5.41) is 6.22. The Morgan fingerprint density at radius 2 is 1.93 bits per heavy atom. The van der Waals surface area contributed by atoms with Crippen LogP contribution in [0.5, 0.6) is 0 Å². The van der Waals surface area contributed by atoms with Gasteiger partial charge < -0.3 is 10.6 Å². The van der Waals surface area contributed by atoms with E-state index >= 15 is 0 Å². The number of amides is 1. The van der Waals surface area contributed by atoms with Crippen LogP contribution in [0, 0.1) is 5.92 Å². The minimum atomic E-state index is 0.181. The molecule has 15 heavy (non-hydrogen) atoms. The summed E-state index contributed by atoms with van der Waals surface area (Å²) < 4.78 is 0. The van der Waals surface area contributed by atoms with Crippen LogP contribution in [-0.4, -0.2) is 25.0 Å². The zero-order valence-electron chi connectivity index (χ0n) is 10.6. The SMILES string of the molecule is CCCC(C)CC(=O)NC[C@@H](C)NCC. The lowest BCUT2D eigenvalue weighted by molar-refractivity contribution is -0.122. The third-order valence-corrected chi connectivity index (χ3v) is 2.47. The normalized spacial score (nSPS) is 14.7. The van der Waals surface area contributed by atoms with Crippen LogP contribution >= 0.6 is 0 Å². The molecular weight excluding hydrogens is 188 g/mol. The summed E-state index contributed by atoms with van der Waals surface area (Å²) in [6, 6.07) is 0.362. The molecule has 0 aromatic carbocycles. The standard InChI is InChI=1S/C12H26N2O/c1-5-7-10(3)8-12(15)14-9-11(4)13-6-2/h10-11,13H,5-9H2,1-4H3,(H,14,15)/t10?,11-/m1/s1. The first-order valence-electron chi connectivity index (χ1n) is 6.10. The Morgan fingerprint density at radius 3 is 2.47 bits per heavy atom. The molecule has 2 atom stereocenters. The van der Waals surface area contributed by atoms with Gasteiger partial charge in [0.25, 0.3) is 0 Å². The maximum atomic E-state index is 11.5. The van der Waals surface area contributed by atoms with E-state index in [0.29, 0.717) is 18.4 Å². The van der Waals surface area contributed by atoms with E-state index < -0.39 is 0 Å². The molecule has 0 rings (SSSR count). The molecule has 90 valence electrons. The molecule has 1 amide bonds. The fourth-order valence-corrected chi connectivity index (χ4v) is 1.67. The van der Waals surface area contributed by atoms with Gasteiger partial charge in [-0.3, -0.25) is 4.79 Å². The van der Waals surface area contributed by atoms with Crippen molar-refractivity contribution in [3.8, 4) is 0 Å². The van der Waals surface area contributed by atoms with Crippen molar-refractivity contribution in [3.05, 3.63) is 0 Å². The van der Waals surface area contributed by atoms with Gasteiger partial charge in [-0.2, -0.15) is 0 Å². The van der Waals surface area contributed by atoms with E-state index in [0.717, 1.165) is 25.9 Å². The lowest BCUT2D eigenvalue weighted by atomic mass is 10.0. The van der Waals surface area contributed by atoms with Crippen LogP contribution in [-0.2, 0) is 4.79 Å². The summed E-state index contributed by atoms with van der Waals surface area (Å²) in [4.78, 5) is 11.5. The van der Waals surface area contributed by atoms with Crippen molar-refractivity contribution in [2.45, 2.75) is 53.0 Å². The Hall–Kier alpha value is -0.570. The summed E-state index contributed by atoms with van der Waals surface area (Å²) in [7, 11) is 0. The van der Waals surface area contributed by atoms with Gasteiger partial charge in [-0.05, 0) is 19.4 Å². The lowest BCUT2D eigenvalue weighted by Gasteiger charge is -2.14. The first-order valence-corrected chi connectivity index (χ1v) is 6.10.